The maximum atomic E-state index is 12.3. The largest absolute Gasteiger partial charge is 0.292 e. The lowest BCUT2D eigenvalue weighted by atomic mass is 9.92. The van der Waals surface area contributed by atoms with Gasteiger partial charge in [-0.1, -0.05) is 45.4 Å². The van der Waals surface area contributed by atoms with Gasteiger partial charge in [-0.2, -0.15) is 5.10 Å². The van der Waals surface area contributed by atoms with Crippen LogP contribution in [0.15, 0.2) is 18.2 Å². The first-order chi connectivity index (χ1) is 10.6. The number of carbonyl (C=O) groups is 1. The van der Waals surface area contributed by atoms with Gasteiger partial charge in [0, 0.05) is 11.8 Å². The molecule has 0 atom stereocenters. The summed E-state index contributed by atoms with van der Waals surface area (Å²) in [5, 5.41) is 4.75. The zero-order chi connectivity index (χ0) is 17.4. The van der Waals surface area contributed by atoms with Gasteiger partial charge in [0.05, 0.1) is 12.2 Å². The van der Waals surface area contributed by atoms with Crippen molar-refractivity contribution in [2.75, 3.05) is 0 Å². The lowest BCUT2D eigenvalue weighted by molar-refractivity contribution is 0.0978. The number of aromatic nitrogens is 2. The summed E-state index contributed by atoms with van der Waals surface area (Å²) in [6.07, 6.45) is 0.501. The van der Waals surface area contributed by atoms with E-state index in [2.05, 4.69) is 53.7 Å². The quantitative estimate of drug-likeness (QED) is 0.764. The molecule has 0 spiro atoms. The van der Waals surface area contributed by atoms with Crippen molar-refractivity contribution in [1.82, 2.24) is 9.78 Å². The second kappa shape index (κ2) is 6.31. The first kappa shape index (κ1) is 17.5. The average molecular weight is 312 g/mol. The third-order valence-electron chi connectivity index (χ3n) is 4.30. The van der Waals surface area contributed by atoms with Crippen LogP contribution in [-0.4, -0.2) is 15.6 Å². The smallest absolute Gasteiger partial charge is 0.180 e. The molecule has 1 aromatic carbocycles. The highest BCUT2D eigenvalue weighted by Crippen LogP contribution is 2.24. The predicted octanol–water partition coefficient (Wildman–Crippen LogP) is 4.75. The van der Waals surface area contributed by atoms with E-state index in [1.165, 1.54) is 22.3 Å². The van der Waals surface area contributed by atoms with Crippen molar-refractivity contribution in [2.45, 2.75) is 66.8 Å². The zero-order valence-corrected chi connectivity index (χ0v) is 15.4. The Hall–Kier alpha value is -1.90. The van der Waals surface area contributed by atoms with Gasteiger partial charge >= 0.3 is 0 Å². The van der Waals surface area contributed by atoms with Crippen LogP contribution in [0.5, 0.6) is 0 Å². The third kappa shape index (κ3) is 3.72. The van der Waals surface area contributed by atoms with E-state index in [-0.39, 0.29) is 11.2 Å². The third-order valence-corrected chi connectivity index (χ3v) is 4.30. The van der Waals surface area contributed by atoms with Crippen LogP contribution in [0.1, 0.15) is 72.6 Å². The summed E-state index contributed by atoms with van der Waals surface area (Å²) >= 11 is 0. The molecule has 2 aromatic rings. The van der Waals surface area contributed by atoms with Gasteiger partial charge in [0.15, 0.2) is 5.78 Å². The molecule has 0 N–H and O–H groups in total. The Bertz CT molecular complexity index is 710. The minimum absolute atomic E-state index is 0.0641. The van der Waals surface area contributed by atoms with Gasteiger partial charge in [-0.3, -0.25) is 9.48 Å². The second-order valence-electron chi connectivity index (χ2n) is 7.48. The van der Waals surface area contributed by atoms with E-state index in [4.69, 9.17) is 5.10 Å². The maximum Gasteiger partial charge on any atom is 0.180 e. The Morgan fingerprint density at radius 1 is 1.09 bits per heavy atom. The summed E-state index contributed by atoms with van der Waals surface area (Å²) in [6.45, 7) is 15.3. The predicted molar refractivity (Wildman–Crippen MR) is 95.3 cm³/mol. The minimum Gasteiger partial charge on any atom is -0.292 e. The summed E-state index contributed by atoms with van der Waals surface area (Å²) < 4.78 is 1.89. The molecule has 0 saturated carbocycles. The van der Waals surface area contributed by atoms with Crippen molar-refractivity contribution in [3.05, 3.63) is 51.8 Å². The topological polar surface area (TPSA) is 34.9 Å². The van der Waals surface area contributed by atoms with Crippen LogP contribution in [0.2, 0.25) is 0 Å². The molecule has 0 aliphatic carbocycles. The van der Waals surface area contributed by atoms with Gasteiger partial charge in [-0.15, -0.1) is 0 Å². The van der Waals surface area contributed by atoms with Gasteiger partial charge in [-0.25, -0.2) is 0 Å². The lowest BCUT2D eigenvalue weighted by Gasteiger charge is -2.15. The fraction of sp³-hybridized carbons (Fsp3) is 0.500. The number of hydrogen-bond donors (Lipinski definition) is 0. The first-order valence-corrected chi connectivity index (χ1v) is 8.31. The minimum atomic E-state index is -0.0641. The van der Waals surface area contributed by atoms with E-state index in [1.807, 2.05) is 17.7 Å². The van der Waals surface area contributed by atoms with Crippen molar-refractivity contribution in [1.29, 1.82) is 0 Å². The van der Waals surface area contributed by atoms with E-state index >= 15 is 0 Å². The molecule has 3 heteroatoms. The first-order valence-electron chi connectivity index (χ1n) is 8.31. The maximum absolute atomic E-state index is 12.3. The Kier molecular flexibility index (Phi) is 4.79. The Labute approximate surface area is 139 Å². The molecule has 1 aromatic heterocycles. The number of hydrogen-bond acceptors (Lipinski definition) is 2. The fourth-order valence-corrected chi connectivity index (χ4v) is 2.92. The van der Waals surface area contributed by atoms with E-state index in [0.29, 0.717) is 13.0 Å². The van der Waals surface area contributed by atoms with Crippen LogP contribution >= 0.6 is 0 Å². The molecule has 0 bridgehead atoms. The summed E-state index contributed by atoms with van der Waals surface area (Å²) in [7, 11) is 0. The van der Waals surface area contributed by atoms with Crippen molar-refractivity contribution in [2.24, 2.45) is 0 Å². The van der Waals surface area contributed by atoms with Crippen molar-refractivity contribution in [3.8, 4) is 0 Å². The van der Waals surface area contributed by atoms with Crippen LogP contribution in [-0.2, 0) is 12.0 Å². The monoisotopic (exact) mass is 312 g/mol. The highest BCUT2D eigenvalue weighted by molar-refractivity contribution is 5.94. The molecule has 0 radical (unpaired) electrons. The van der Waals surface area contributed by atoms with Crippen LogP contribution < -0.4 is 0 Å². The molecule has 3 nitrogen and oxygen atoms in total. The normalized spacial score (nSPS) is 11.8. The molecule has 2 rings (SSSR count). The second-order valence-corrected chi connectivity index (χ2v) is 7.48. The Morgan fingerprint density at radius 3 is 2.13 bits per heavy atom. The van der Waals surface area contributed by atoms with Crippen LogP contribution in [0, 0.1) is 20.8 Å². The van der Waals surface area contributed by atoms with Crippen molar-refractivity contribution < 1.29 is 4.79 Å². The summed E-state index contributed by atoms with van der Waals surface area (Å²) in [6, 6.07) is 6.35. The van der Waals surface area contributed by atoms with Gasteiger partial charge in [0.1, 0.15) is 5.69 Å². The number of ketones is 1. The van der Waals surface area contributed by atoms with Gasteiger partial charge in [0.2, 0.25) is 0 Å². The molecule has 0 fully saturated rings. The van der Waals surface area contributed by atoms with Gasteiger partial charge < -0.3 is 0 Å². The van der Waals surface area contributed by atoms with Crippen LogP contribution in [0.3, 0.4) is 0 Å². The number of benzene rings is 1. The van der Waals surface area contributed by atoms with Gasteiger partial charge in [0.25, 0.3) is 0 Å². The molecule has 0 aliphatic heterocycles. The highest BCUT2D eigenvalue weighted by atomic mass is 16.1. The van der Waals surface area contributed by atoms with E-state index < -0.39 is 0 Å². The molecule has 0 saturated heterocycles. The number of aryl methyl sites for hydroxylation is 3. The summed E-state index contributed by atoms with van der Waals surface area (Å²) in [4.78, 5) is 12.3. The van der Waals surface area contributed by atoms with E-state index in [0.717, 1.165) is 11.4 Å². The SMILES string of the molecule is CCC(=O)c1cc(C(C)(C)C)nn1Cc1c(C)cc(C)cc1C. The molecule has 23 heavy (non-hydrogen) atoms. The highest BCUT2D eigenvalue weighted by Gasteiger charge is 2.22. The van der Waals surface area contributed by atoms with Crippen molar-refractivity contribution in [3.63, 3.8) is 0 Å². The summed E-state index contributed by atoms with van der Waals surface area (Å²) in [5.41, 5.74) is 6.66. The summed E-state index contributed by atoms with van der Waals surface area (Å²) in [5.74, 6) is 0.149. The molecule has 1 heterocycles. The average Bonchev–Trinajstić information content (AvgIpc) is 2.86. The molecule has 124 valence electrons. The molecular formula is C20H28N2O. The molecule has 0 amide bonds. The van der Waals surface area contributed by atoms with Crippen molar-refractivity contribution >= 4 is 5.78 Å². The molecule has 0 unspecified atom stereocenters. The number of Topliss-reactive ketones (excluding diaryl/α,β-unsaturated/α-hetero) is 1. The molecular weight excluding hydrogens is 284 g/mol. The number of rotatable bonds is 4. The number of nitrogens with zero attached hydrogens (tertiary/aromatic N) is 2. The van der Waals surface area contributed by atoms with Crippen LogP contribution in [0.4, 0.5) is 0 Å². The van der Waals surface area contributed by atoms with E-state index in [1.54, 1.807) is 0 Å². The van der Waals surface area contributed by atoms with Crippen LogP contribution in [0.25, 0.3) is 0 Å². The standard InChI is InChI=1S/C20H28N2O/c1-8-18(23)17-11-19(20(5,6)7)21-22(17)12-16-14(3)9-13(2)10-15(16)4/h9-11H,8,12H2,1-7H3. The van der Waals surface area contributed by atoms with Gasteiger partial charge in [-0.05, 0) is 43.5 Å². The fourth-order valence-electron chi connectivity index (χ4n) is 2.92. The zero-order valence-electron chi connectivity index (χ0n) is 15.4. The van der Waals surface area contributed by atoms with E-state index in [9.17, 15) is 4.79 Å². The molecule has 0 aliphatic rings. The Balaban J connectivity index is 2.51. The number of carbonyl (C=O) groups excluding carboxylic acids is 1. The Morgan fingerprint density at radius 2 is 1.65 bits per heavy atom. The lowest BCUT2D eigenvalue weighted by Crippen LogP contribution is -2.15.